The van der Waals surface area contributed by atoms with Crippen molar-refractivity contribution in [2.75, 3.05) is 17.3 Å². The van der Waals surface area contributed by atoms with E-state index < -0.39 is 0 Å². The largest absolute Gasteiger partial charge is 0.465 e. The Morgan fingerprint density at radius 2 is 2.05 bits per heavy atom. The SMILES string of the molecule is COC(=O)c1ccc2c(c1)N(C1CCCC1)[C@H](C)C(=O)N2. The van der Waals surface area contributed by atoms with E-state index in [9.17, 15) is 9.59 Å². The van der Waals surface area contributed by atoms with Crippen LogP contribution >= 0.6 is 0 Å². The number of anilines is 2. The molecule has 1 amide bonds. The number of benzene rings is 1. The van der Waals surface area contributed by atoms with Crippen molar-refractivity contribution in [1.82, 2.24) is 0 Å². The minimum atomic E-state index is -0.353. The van der Waals surface area contributed by atoms with Gasteiger partial charge in [-0.3, -0.25) is 4.79 Å². The van der Waals surface area contributed by atoms with E-state index in [1.807, 2.05) is 13.0 Å². The first-order chi connectivity index (χ1) is 10.1. The van der Waals surface area contributed by atoms with Gasteiger partial charge in [0.15, 0.2) is 0 Å². The van der Waals surface area contributed by atoms with Crippen LogP contribution in [0.4, 0.5) is 11.4 Å². The normalized spacial score (nSPS) is 21.9. The summed E-state index contributed by atoms with van der Waals surface area (Å²) < 4.78 is 4.79. The zero-order valence-electron chi connectivity index (χ0n) is 12.4. The average Bonchev–Trinajstić information content (AvgIpc) is 3.01. The summed E-state index contributed by atoms with van der Waals surface area (Å²) in [6, 6.07) is 5.46. The molecule has 21 heavy (non-hydrogen) atoms. The van der Waals surface area contributed by atoms with Crippen LogP contribution in [0.5, 0.6) is 0 Å². The number of carbonyl (C=O) groups excluding carboxylic acids is 2. The van der Waals surface area contributed by atoms with Crippen LogP contribution < -0.4 is 10.2 Å². The molecule has 5 heteroatoms. The number of nitrogens with one attached hydrogen (secondary N) is 1. The van der Waals surface area contributed by atoms with Gasteiger partial charge in [0.1, 0.15) is 6.04 Å². The maximum absolute atomic E-state index is 12.2. The van der Waals surface area contributed by atoms with Gasteiger partial charge in [0.2, 0.25) is 5.91 Å². The predicted octanol–water partition coefficient (Wildman–Crippen LogP) is 2.56. The highest BCUT2D eigenvalue weighted by atomic mass is 16.5. The van der Waals surface area contributed by atoms with Gasteiger partial charge in [-0.1, -0.05) is 12.8 Å². The van der Waals surface area contributed by atoms with Crippen molar-refractivity contribution >= 4 is 23.3 Å². The van der Waals surface area contributed by atoms with Crippen molar-refractivity contribution in [3.63, 3.8) is 0 Å². The fraction of sp³-hybridized carbons (Fsp3) is 0.500. The van der Waals surface area contributed by atoms with Crippen LogP contribution in [0.1, 0.15) is 43.0 Å². The number of methoxy groups -OCH3 is 1. The molecule has 1 saturated carbocycles. The Balaban J connectivity index is 2.04. The molecule has 1 aromatic carbocycles. The number of fused-ring (bicyclic) bond motifs is 1. The lowest BCUT2D eigenvalue weighted by molar-refractivity contribution is -0.117. The molecule has 2 aliphatic rings. The third kappa shape index (κ3) is 2.37. The van der Waals surface area contributed by atoms with Crippen LogP contribution in [-0.2, 0) is 9.53 Å². The van der Waals surface area contributed by atoms with Crippen molar-refractivity contribution in [2.45, 2.75) is 44.7 Å². The zero-order chi connectivity index (χ0) is 15.0. The van der Waals surface area contributed by atoms with Crippen molar-refractivity contribution < 1.29 is 14.3 Å². The van der Waals surface area contributed by atoms with E-state index in [-0.39, 0.29) is 17.9 Å². The minimum absolute atomic E-state index is 0.0141. The van der Waals surface area contributed by atoms with Gasteiger partial charge >= 0.3 is 5.97 Å². The first kappa shape index (κ1) is 13.9. The molecule has 5 nitrogen and oxygen atoms in total. The lowest BCUT2D eigenvalue weighted by Crippen LogP contribution is -2.50. The van der Waals surface area contributed by atoms with E-state index in [1.165, 1.54) is 20.0 Å². The quantitative estimate of drug-likeness (QED) is 0.850. The maximum atomic E-state index is 12.2. The zero-order valence-corrected chi connectivity index (χ0v) is 12.4. The van der Waals surface area contributed by atoms with E-state index in [0.717, 1.165) is 24.2 Å². The van der Waals surface area contributed by atoms with Gasteiger partial charge < -0.3 is 15.0 Å². The van der Waals surface area contributed by atoms with Crippen LogP contribution in [0, 0.1) is 0 Å². The molecule has 0 aromatic heterocycles. The summed E-state index contributed by atoms with van der Waals surface area (Å²) in [7, 11) is 1.38. The molecule has 1 fully saturated rings. The van der Waals surface area contributed by atoms with Crippen LogP contribution in [-0.4, -0.2) is 31.1 Å². The highest BCUT2D eigenvalue weighted by Crippen LogP contribution is 2.38. The number of rotatable bonds is 2. The van der Waals surface area contributed by atoms with Crippen molar-refractivity contribution in [1.29, 1.82) is 0 Å². The van der Waals surface area contributed by atoms with Crippen LogP contribution in [0.2, 0.25) is 0 Å². The molecule has 0 spiro atoms. The summed E-state index contributed by atoms with van der Waals surface area (Å²) in [5, 5.41) is 2.91. The molecule has 112 valence electrons. The third-order valence-electron chi connectivity index (χ3n) is 4.47. The highest BCUT2D eigenvalue weighted by Gasteiger charge is 2.35. The van der Waals surface area contributed by atoms with Gasteiger partial charge in [0.25, 0.3) is 0 Å². The summed E-state index contributed by atoms with van der Waals surface area (Å²) in [4.78, 5) is 26.1. The Morgan fingerprint density at radius 3 is 2.71 bits per heavy atom. The fourth-order valence-corrected chi connectivity index (χ4v) is 3.36. The molecule has 0 saturated heterocycles. The van der Waals surface area contributed by atoms with Gasteiger partial charge in [-0.15, -0.1) is 0 Å². The van der Waals surface area contributed by atoms with Crippen LogP contribution in [0.3, 0.4) is 0 Å². The average molecular weight is 288 g/mol. The molecule has 0 radical (unpaired) electrons. The molecule has 1 heterocycles. The van der Waals surface area contributed by atoms with E-state index in [2.05, 4.69) is 10.2 Å². The molecule has 0 bridgehead atoms. The van der Waals surface area contributed by atoms with Crippen molar-refractivity contribution in [2.24, 2.45) is 0 Å². The summed E-state index contributed by atoms with van der Waals surface area (Å²) in [6.45, 7) is 1.92. The third-order valence-corrected chi connectivity index (χ3v) is 4.47. The second-order valence-corrected chi connectivity index (χ2v) is 5.73. The second-order valence-electron chi connectivity index (χ2n) is 5.73. The van der Waals surface area contributed by atoms with Gasteiger partial charge in [-0.05, 0) is 38.0 Å². The first-order valence-electron chi connectivity index (χ1n) is 7.43. The molecule has 1 aliphatic heterocycles. The molecule has 1 N–H and O–H groups in total. The monoisotopic (exact) mass is 288 g/mol. The Labute approximate surface area is 124 Å². The summed E-state index contributed by atoms with van der Waals surface area (Å²) in [5.74, 6) is -0.339. The van der Waals surface area contributed by atoms with E-state index >= 15 is 0 Å². The Hall–Kier alpha value is -2.04. The van der Waals surface area contributed by atoms with Crippen LogP contribution in [0.15, 0.2) is 18.2 Å². The Kier molecular flexibility index (Phi) is 3.57. The minimum Gasteiger partial charge on any atom is -0.465 e. The Morgan fingerprint density at radius 1 is 1.33 bits per heavy atom. The Bertz CT molecular complexity index is 579. The van der Waals surface area contributed by atoms with Gasteiger partial charge in [-0.25, -0.2) is 4.79 Å². The lowest BCUT2D eigenvalue weighted by atomic mass is 10.0. The number of nitrogens with zero attached hydrogens (tertiary/aromatic N) is 1. The van der Waals surface area contributed by atoms with Gasteiger partial charge in [-0.2, -0.15) is 0 Å². The number of hydrogen-bond acceptors (Lipinski definition) is 4. The smallest absolute Gasteiger partial charge is 0.337 e. The number of amides is 1. The van der Waals surface area contributed by atoms with Crippen molar-refractivity contribution in [3.8, 4) is 0 Å². The summed E-state index contributed by atoms with van der Waals surface area (Å²) in [5.41, 5.74) is 2.22. The number of carbonyl (C=O) groups is 2. The first-order valence-corrected chi connectivity index (χ1v) is 7.43. The number of ether oxygens (including phenoxy) is 1. The lowest BCUT2D eigenvalue weighted by Gasteiger charge is -2.40. The molecule has 3 rings (SSSR count). The van der Waals surface area contributed by atoms with Crippen molar-refractivity contribution in [3.05, 3.63) is 23.8 Å². The maximum Gasteiger partial charge on any atom is 0.337 e. The van der Waals surface area contributed by atoms with E-state index in [0.29, 0.717) is 11.6 Å². The standard InChI is InChI=1S/C16H20N2O3/c1-10-15(19)17-13-8-7-11(16(20)21-2)9-14(13)18(10)12-5-3-4-6-12/h7-10,12H,3-6H2,1-2H3,(H,17,19)/t10-/m1/s1. The molecule has 1 aromatic rings. The van der Waals surface area contributed by atoms with E-state index in [1.54, 1.807) is 12.1 Å². The molecule has 0 unspecified atom stereocenters. The molecular weight excluding hydrogens is 268 g/mol. The van der Waals surface area contributed by atoms with Gasteiger partial charge in [0.05, 0.1) is 24.0 Å². The molecule has 1 aliphatic carbocycles. The summed E-state index contributed by atoms with van der Waals surface area (Å²) >= 11 is 0. The molecule has 1 atom stereocenters. The highest BCUT2D eigenvalue weighted by molar-refractivity contribution is 6.04. The topological polar surface area (TPSA) is 58.6 Å². The predicted molar refractivity (Wildman–Crippen MR) is 80.6 cm³/mol. The molecular formula is C16H20N2O3. The number of hydrogen-bond donors (Lipinski definition) is 1. The van der Waals surface area contributed by atoms with Crippen LogP contribution in [0.25, 0.3) is 0 Å². The second kappa shape index (κ2) is 5.39. The van der Waals surface area contributed by atoms with Gasteiger partial charge in [0, 0.05) is 6.04 Å². The fourth-order valence-electron chi connectivity index (χ4n) is 3.36. The number of esters is 1. The van der Waals surface area contributed by atoms with E-state index in [4.69, 9.17) is 4.74 Å². The summed E-state index contributed by atoms with van der Waals surface area (Å²) in [6.07, 6.45) is 4.59.